The lowest BCUT2D eigenvalue weighted by molar-refractivity contribution is -0.123. The number of ether oxygens (including phenoxy) is 2. The van der Waals surface area contributed by atoms with Gasteiger partial charge >= 0.3 is 5.97 Å². The molecule has 0 heterocycles. The van der Waals surface area contributed by atoms with E-state index in [-0.39, 0.29) is 12.5 Å². The van der Waals surface area contributed by atoms with Crippen LogP contribution in [0.5, 0.6) is 5.75 Å². The molecule has 0 aliphatic heterocycles. The van der Waals surface area contributed by atoms with Crippen LogP contribution < -0.4 is 10.1 Å². The van der Waals surface area contributed by atoms with Gasteiger partial charge in [-0.1, -0.05) is 54.1 Å². The Morgan fingerprint density at radius 1 is 0.897 bits per heavy atom. The molecule has 148 valence electrons. The van der Waals surface area contributed by atoms with Gasteiger partial charge in [0.15, 0.2) is 6.10 Å². The van der Waals surface area contributed by atoms with Gasteiger partial charge in [-0.15, -0.1) is 0 Å². The van der Waals surface area contributed by atoms with Crippen molar-refractivity contribution in [2.24, 2.45) is 0 Å². The molecule has 1 N–H and O–H groups in total. The van der Waals surface area contributed by atoms with Gasteiger partial charge in [0, 0.05) is 11.3 Å². The lowest BCUT2D eigenvalue weighted by Crippen LogP contribution is -2.30. The van der Waals surface area contributed by atoms with Gasteiger partial charge < -0.3 is 14.8 Å². The molecular formula is C24H23NO4. The number of carbonyl (C=O) groups excluding carboxylic acids is 2. The molecule has 0 bridgehead atoms. The maximum absolute atomic E-state index is 12.6. The number of nitrogens with one attached hydrogen (secondary N) is 1. The van der Waals surface area contributed by atoms with Gasteiger partial charge in [0.1, 0.15) is 12.4 Å². The zero-order valence-electron chi connectivity index (χ0n) is 16.4. The van der Waals surface area contributed by atoms with Crippen molar-refractivity contribution in [1.29, 1.82) is 0 Å². The van der Waals surface area contributed by atoms with E-state index in [0.29, 0.717) is 22.6 Å². The normalized spacial score (nSPS) is 11.4. The van der Waals surface area contributed by atoms with Crippen LogP contribution in [-0.2, 0) is 16.1 Å². The molecule has 5 heteroatoms. The Bertz CT molecular complexity index is 968. The molecule has 0 unspecified atom stereocenters. The number of amides is 1. The third-order valence-corrected chi connectivity index (χ3v) is 4.35. The third-order valence-electron chi connectivity index (χ3n) is 4.35. The number of hydrogen-bond acceptors (Lipinski definition) is 4. The summed E-state index contributed by atoms with van der Waals surface area (Å²) in [5.41, 5.74) is 2.81. The second-order valence-corrected chi connectivity index (χ2v) is 6.66. The van der Waals surface area contributed by atoms with E-state index in [9.17, 15) is 9.59 Å². The SMILES string of the molecule is Cc1ccc(NC(=O)[C@@H](C)OC(=O)c2ccccc2COc2ccccc2)cc1. The standard InChI is InChI=1S/C24H23NO4/c1-17-12-14-20(15-13-17)25-23(26)18(2)29-24(27)22-11-7-6-8-19(22)16-28-21-9-4-3-5-10-21/h3-15,18H,16H2,1-2H3,(H,25,26)/t18-/m1/s1. The molecule has 0 aromatic heterocycles. The van der Waals surface area contributed by atoms with Crippen molar-refractivity contribution in [3.8, 4) is 5.75 Å². The number of esters is 1. The average Bonchev–Trinajstić information content (AvgIpc) is 2.74. The van der Waals surface area contributed by atoms with Gasteiger partial charge in [-0.25, -0.2) is 4.79 Å². The predicted molar refractivity (Wildman–Crippen MR) is 112 cm³/mol. The minimum atomic E-state index is -0.938. The molecule has 0 saturated carbocycles. The van der Waals surface area contributed by atoms with Crippen LogP contribution in [0, 0.1) is 6.92 Å². The molecule has 1 amide bonds. The largest absolute Gasteiger partial charge is 0.489 e. The Balaban J connectivity index is 1.62. The van der Waals surface area contributed by atoms with E-state index in [0.717, 1.165) is 5.56 Å². The average molecular weight is 389 g/mol. The zero-order chi connectivity index (χ0) is 20.6. The minimum absolute atomic E-state index is 0.221. The molecule has 3 rings (SSSR count). The van der Waals surface area contributed by atoms with Gasteiger partial charge in [-0.05, 0) is 44.2 Å². The van der Waals surface area contributed by atoms with E-state index < -0.39 is 12.1 Å². The fraction of sp³-hybridized carbons (Fsp3) is 0.167. The van der Waals surface area contributed by atoms with Crippen LogP contribution in [0.1, 0.15) is 28.4 Å². The van der Waals surface area contributed by atoms with Crippen LogP contribution >= 0.6 is 0 Å². The predicted octanol–water partition coefficient (Wildman–Crippen LogP) is 4.76. The fourth-order valence-corrected chi connectivity index (χ4v) is 2.68. The molecule has 1 atom stereocenters. The Kier molecular flexibility index (Phi) is 6.63. The van der Waals surface area contributed by atoms with E-state index >= 15 is 0 Å². The second kappa shape index (κ2) is 9.55. The highest BCUT2D eigenvalue weighted by Gasteiger charge is 2.21. The van der Waals surface area contributed by atoms with Crippen LogP contribution in [-0.4, -0.2) is 18.0 Å². The lowest BCUT2D eigenvalue weighted by atomic mass is 10.1. The van der Waals surface area contributed by atoms with Crippen LogP contribution in [0.3, 0.4) is 0 Å². The Hall–Kier alpha value is -3.60. The fourth-order valence-electron chi connectivity index (χ4n) is 2.68. The monoisotopic (exact) mass is 389 g/mol. The maximum atomic E-state index is 12.6. The van der Waals surface area contributed by atoms with E-state index in [4.69, 9.17) is 9.47 Å². The lowest BCUT2D eigenvalue weighted by Gasteiger charge is -2.15. The highest BCUT2D eigenvalue weighted by molar-refractivity contribution is 5.97. The number of aryl methyl sites for hydroxylation is 1. The Morgan fingerprint density at radius 2 is 1.55 bits per heavy atom. The molecule has 0 fully saturated rings. The van der Waals surface area contributed by atoms with Gasteiger partial charge in [-0.3, -0.25) is 4.79 Å². The minimum Gasteiger partial charge on any atom is -0.489 e. The van der Waals surface area contributed by atoms with Crippen molar-refractivity contribution in [2.45, 2.75) is 26.6 Å². The van der Waals surface area contributed by atoms with E-state index in [1.54, 1.807) is 37.3 Å². The van der Waals surface area contributed by atoms with Gasteiger partial charge in [0.25, 0.3) is 5.91 Å². The summed E-state index contributed by atoms with van der Waals surface area (Å²) < 4.78 is 11.1. The number of rotatable bonds is 7. The molecule has 0 aliphatic carbocycles. The molecule has 0 aliphatic rings. The summed E-state index contributed by atoms with van der Waals surface area (Å²) in [4.78, 5) is 25.0. The first kappa shape index (κ1) is 20.1. The van der Waals surface area contributed by atoms with E-state index in [2.05, 4.69) is 5.32 Å². The van der Waals surface area contributed by atoms with Gasteiger partial charge in [-0.2, -0.15) is 0 Å². The van der Waals surface area contributed by atoms with Crippen molar-refractivity contribution in [2.75, 3.05) is 5.32 Å². The van der Waals surface area contributed by atoms with Gasteiger partial charge in [0.2, 0.25) is 0 Å². The van der Waals surface area contributed by atoms with E-state index in [1.807, 2.05) is 55.5 Å². The molecule has 29 heavy (non-hydrogen) atoms. The number of hydrogen-bond donors (Lipinski definition) is 1. The molecule has 3 aromatic carbocycles. The number of carbonyl (C=O) groups is 2. The topological polar surface area (TPSA) is 64.6 Å². The van der Waals surface area contributed by atoms with Crippen LogP contribution in [0.15, 0.2) is 78.9 Å². The maximum Gasteiger partial charge on any atom is 0.339 e. The summed E-state index contributed by atoms with van der Waals surface area (Å²) in [6, 6.07) is 23.8. The summed E-state index contributed by atoms with van der Waals surface area (Å²) in [7, 11) is 0. The summed E-state index contributed by atoms with van der Waals surface area (Å²) in [6.07, 6.45) is -0.938. The Morgan fingerprint density at radius 3 is 2.28 bits per heavy atom. The molecule has 0 radical (unpaired) electrons. The molecule has 5 nitrogen and oxygen atoms in total. The third kappa shape index (κ3) is 5.69. The first-order valence-corrected chi connectivity index (χ1v) is 9.37. The molecule has 3 aromatic rings. The van der Waals surface area contributed by atoms with Crippen molar-refractivity contribution in [3.63, 3.8) is 0 Å². The van der Waals surface area contributed by atoms with Crippen LogP contribution in [0.2, 0.25) is 0 Å². The summed E-state index contributed by atoms with van der Waals surface area (Å²) in [6.45, 7) is 3.73. The summed E-state index contributed by atoms with van der Waals surface area (Å²) in [5, 5.41) is 2.75. The second-order valence-electron chi connectivity index (χ2n) is 6.66. The first-order chi connectivity index (χ1) is 14.0. The number of benzene rings is 3. The van der Waals surface area contributed by atoms with Crippen molar-refractivity contribution >= 4 is 17.6 Å². The van der Waals surface area contributed by atoms with Crippen molar-refractivity contribution in [1.82, 2.24) is 0 Å². The first-order valence-electron chi connectivity index (χ1n) is 9.37. The molecule has 0 spiro atoms. The van der Waals surface area contributed by atoms with E-state index in [1.165, 1.54) is 0 Å². The summed E-state index contributed by atoms with van der Waals surface area (Å²) >= 11 is 0. The highest BCUT2D eigenvalue weighted by atomic mass is 16.5. The smallest absolute Gasteiger partial charge is 0.339 e. The quantitative estimate of drug-likeness (QED) is 0.592. The van der Waals surface area contributed by atoms with Crippen LogP contribution in [0.25, 0.3) is 0 Å². The Labute approximate surface area is 170 Å². The van der Waals surface area contributed by atoms with Crippen LogP contribution in [0.4, 0.5) is 5.69 Å². The number of para-hydroxylation sites is 1. The van der Waals surface area contributed by atoms with Gasteiger partial charge in [0.05, 0.1) is 5.56 Å². The molecular weight excluding hydrogens is 366 g/mol. The zero-order valence-corrected chi connectivity index (χ0v) is 16.4. The molecule has 0 saturated heterocycles. The summed E-state index contributed by atoms with van der Waals surface area (Å²) in [5.74, 6) is -0.245. The number of anilines is 1. The van der Waals surface area contributed by atoms with Crippen molar-refractivity contribution < 1.29 is 19.1 Å². The van der Waals surface area contributed by atoms with Crippen molar-refractivity contribution in [3.05, 3.63) is 95.6 Å². The highest BCUT2D eigenvalue weighted by Crippen LogP contribution is 2.17.